The van der Waals surface area contributed by atoms with E-state index in [1.165, 1.54) is 0 Å². The molecule has 2 N–H and O–H groups in total. The first kappa shape index (κ1) is 11.0. The van der Waals surface area contributed by atoms with Gasteiger partial charge in [0.1, 0.15) is 0 Å². The third kappa shape index (κ3) is 3.34. The summed E-state index contributed by atoms with van der Waals surface area (Å²) in [7, 11) is 0. The Morgan fingerprint density at radius 2 is 2.36 bits per heavy atom. The number of aryl methyl sites for hydroxylation is 1. The van der Waals surface area contributed by atoms with Crippen LogP contribution in [0.15, 0.2) is 18.3 Å². The molecule has 78 valence electrons. The average Bonchev–Trinajstić information content (AvgIpc) is 2.24. The standard InChI is InChI=1S/C11H18N2O/c1-2-9-14-11-10(5-3-7-12)6-4-8-13-11/h4,6,8H,2-3,5,7,9,12H2,1H3. The Hall–Kier alpha value is -1.09. The van der Waals surface area contributed by atoms with Crippen LogP contribution in [0.1, 0.15) is 25.3 Å². The van der Waals surface area contributed by atoms with Gasteiger partial charge >= 0.3 is 0 Å². The van der Waals surface area contributed by atoms with E-state index < -0.39 is 0 Å². The van der Waals surface area contributed by atoms with Crippen molar-refractivity contribution < 1.29 is 4.74 Å². The minimum Gasteiger partial charge on any atom is -0.477 e. The van der Waals surface area contributed by atoms with Gasteiger partial charge < -0.3 is 10.5 Å². The number of aromatic nitrogens is 1. The summed E-state index contributed by atoms with van der Waals surface area (Å²) < 4.78 is 5.53. The molecule has 1 aromatic rings. The van der Waals surface area contributed by atoms with Crippen molar-refractivity contribution in [3.63, 3.8) is 0 Å². The van der Waals surface area contributed by atoms with Crippen molar-refractivity contribution >= 4 is 0 Å². The molecular weight excluding hydrogens is 176 g/mol. The molecule has 0 saturated carbocycles. The van der Waals surface area contributed by atoms with E-state index in [0.29, 0.717) is 6.54 Å². The van der Waals surface area contributed by atoms with Gasteiger partial charge in [0.15, 0.2) is 0 Å². The lowest BCUT2D eigenvalue weighted by molar-refractivity contribution is 0.301. The van der Waals surface area contributed by atoms with Gasteiger partial charge in [-0.15, -0.1) is 0 Å². The fourth-order valence-corrected chi connectivity index (χ4v) is 1.24. The lowest BCUT2D eigenvalue weighted by atomic mass is 10.1. The Bertz CT molecular complexity index is 236. The molecule has 0 unspecified atom stereocenters. The molecule has 1 rings (SSSR count). The normalized spacial score (nSPS) is 10.1. The van der Waals surface area contributed by atoms with Crippen molar-refractivity contribution in [3.05, 3.63) is 23.9 Å². The van der Waals surface area contributed by atoms with E-state index in [9.17, 15) is 0 Å². The summed E-state index contributed by atoms with van der Waals surface area (Å²) in [5.41, 5.74) is 6.62. The fourth-order valence-electron chi connectivity index (χ4n) is 1.24. The van der Waals surface area contributed by atoms with Crippen LogP contribution in [0.3, 0.4) is 0 Å². The monoisotopic (exact) mass is 194 g/mol. The summed E-state index contributed by atoms with van der Waals surface area (Å²) >= 11 is 0. The van der Waals surface area contributed by atoms with Crippen LogP contribution in [0, 0.1) is 0 Å². The molecule has 14 heavy (non-hydrogen) atoms. The average molecular weight is 194 g/mol. The van der Waals surface area contributed by atoms with Crippen LogP contribution in [-0.2, 0) is 6.42 Å². The summed E-state index contributed by atoms with van der Waals surface area (Å²) in [6, 6.07) is 3.98. The fraction of sp³-hybridized carbons (Fsp3) is 0.545. The summed E-state index contributed by atoms with van der Waals surface area (Å²) in [6.45, 7) is 3.53. The van der Waals surface area contributed by atoms with Gasteiger partial charge in [-0.3, -0.25) is 0 Å². The third-order valence-electron chi connectivity index (χ3n) is 1.94. The van der Waals surface area contributed by atoms with Crippen molar-refractivity contribution in [2.24, 2.45) is 5.73 Å². The van der Waals surface area contributed by atoms with Crippen molar-refractivity contribution in [2.75, 3.05) is 13.2 Å². The Kier molecular flexibility index (Phi) is 5.00. The zero-order valence-electron chi connectivity index (χ0n) is 8.70. The van der Waals surface area contributed by atoms with Crippen LogP contribution in [0.5, 0.6) is 5.88 Å². The van der Waals surface area contributed by atoms with E-state index in [2.05, 4.69) is 11.9 Å². The highest BCUT2D eigenvalue weighted by molar-refractivity contribution is 5.25. The predicted molar refractivity (Wildman–Crippen MR) is 57.4 cm³/mol. The highest BCUT2D eigenvalue weighted by Crippen LogP contribution is 2.15. The smallest absolute Gasteiger partial charge is 0.216 e. The Morgan fingerprint density at radius 1 is 1.50 bits per heavy atom. The number of nitrogens with zero attached hydrogens (tertiary/aromatic N) is 1. The molecule has 0 aromatic carbocycles. The molecule has 3 heteroatoms. The van der Waals surface area contributed by atoms with Gasteiger partial charge in [0.05, 0.1) is 6.61 Å². The largest absolute Gasteiger partial charge is 0.477 e. The maximum Gasteiger partial charge on any atom is 0.216 e. The van der Waals surface area contributed by atoms with E-state index in [-0.39, 0.29) is 0 Å². The van der Waals surface area contributed by atoms with E-state index in [1.54, 1.807) is 6.20 Å². The maximum absolute atomic E-state index is 5.53. The number of hydrogen-bond acceptors (Lipinski definition) is 3. The molecule has 0 amide bonds. The second kappa shape index (κ2) is 6.38. The van der Waals surface area contributed by atoms with Crippen molar-refractivity contribution in [3.8, 4) is 5.88 Å². The second-order valence-corrected chi connectivity index (χ2v) is 3.21. The minimum atomic E-state index is 0.710. The molecule has 1 heterocycles. The summed E-state index contributed by atoms with van der Waals surface area (Å²) in [5, 5.41) is 0. The molecular formula is C11H18N2O. The van der Waals surface area contributed by atoms with Gasteiger partial charge in [0.2, 0.25) is 5.88 Å². The molecule has 0 aliphatic heterocycles. The molecule has 0 aliphatic carbocycles. The molecule has 0 radical (unpaired) electrons. The van der Waals surface area contributed by atoms with Crippen LogP contribution in [0.4, 0.5) is 0 Å². The predicted octanol–water partition coefficient (Wildman–Crippen LogP) is 1.76. The van der Waals surface area contributed by atoms with Gasteiger partial charge in [-0.25, -0.2) is 4.98 Å². The SMILES string of the molecule is CCCOc1ncccc1CCCN. The highest BCUT2D eigenvalue weighted by atomic mass is 16.5. The first-order valence-electron chi connectivity index (χ1n) is 5.15. The van der Waals surface area contributed by atoms with E-state index >= 15 is 0 Å². The quantitative estimate of drug-likeness (QED) is 0.750. The van der Waals surface area contributed by atoms with Gasteiger partial charge in [-0.1, -0.05) is 13.0 Å². The number of hydrogen-bond donors (Lipinski definition) is 1. The molecule has 0 saturated heterocycles. The Labute approximate surface area is 85.3 Å². The number of pyridine rings is 1. The van der Waals surface area contributed by atoms with Crippen molar-refractivity contribution in [1.29, 1.82) is 0 Å². The zero-order valence-corrected chi connectivity index (χ0v) is 8.70. The van der Waals surface area contributed by atoms with Gasteiger partial charge in [-0.05, 0) is 31.9 Å². The lowest BCUT2D eigenvalue weighted by Crippen LogP contribution is -2.04. The molecule has 0 aliphatic rings. The van der Waals surface area contributed by atoms with Crippen LogP contribution in [0.2, 0.25) is 0 Å². The molecule has 3 nitrogen and oxygen atoms in total. The van der Waals surface area contributed by atoms with Crippen LogP contribution < -0.4 is 10.5 Å². The lowest BCUT2D eigenvalue weighted by Gasteiger charge is -2.08. The van der Waals surface area contributed by atoms with Crippen LogP contribution in [-0.4, -0.2) is 18.1 Å². The second-order valence-electron chi connectivity index (χ2n) is 3.21. The number of rotatable bonds is 6. The first-order valence-corrected chi connectivity index (χ1v) is 5.15. The first-order chi connectivity index (χ1) is 6.88. The molecule has 1 aromatic heterocycles. The van der Waals surface area contributed by atoms with Crippen molar-refractivity contribution in [1.82, 2.24) is 4.98 Å². The zero-order chi connectivity index (χ0) is 10.2. The summed E-state index contributed by atoms with van der Waals surface area (Å²) in [6.07, 6.45) is 4.70. The summed E-state index contributed by atoms with van der Waals surface area (Å²) in [4.78, 5) is 4.21. The van der Waals surface area contributed by atoms with E-state index in [0.717, 1.165) is 37.3 Å². The van der Waals surface area contributed by atoms with E-state index in [1.807, 2.05) is 12.1 Å². The molecule has 0 fully saturated rings. The molecule has 0 bridgehead atoms. The number of ether oxygens (including phenoxy) is 1. The molecule has 0 atom stereocenters. The summed E-state index contributed by atoms with van der Waals surface area (Å²) in [5.74, 6) is 0.766. The topological polar surface area (TPSA) is 48.1 Å². The molecule has 0 spiro atoms. The third-order valence-corrected chi connectivity index (χ3v) is 1.94. The van der Waals surface area contributed by atoms with Gasteiger partial charge in [0.25, 0.3) is 0 Å². The van der Waals surface area contributed by atoms with Crippen LogP contribution >= 0.6 is 0 Å². The van der Waals surface area contributed by atoms with E-state index in [4.69, 9.17) is 10.5 Å². The van der Waals surface area contributed by atoms with Crippen LogP contribution in [0.25, 0.3) is 0 Å². The van der Waals surface area contributed by atoms with Crippen molar-refractivity contribution in [2.45, 2.75) is 26.2 Å². The minimum absolute atomic E-state index is 0.710. The highest BCUT2D eigenvalue weighted by Gasteiger charge is 2.02. The van der Waals surface area contributed by atoms with Gasteiger partial charge in [-0.2, -0.15) is 0 Å². The Balaban J connectivity index is 2.60. The maximum atomic E-state index is 5.53. The Morgan fingerprint density at radius 3 is 3.07 bits per heavy atom. The number of nitrogens with two attached hydrogens (primary N) is 1. The van der Waals surface area contributed by atoms with Gasteiger partial charge in [0, 0.05) is 11.8 Å².